The second-order valence-electron chi connectivity index (χ2n) is 8.57. The fourth-order valence-electron chi connectivity index (χ4n) is 4.26. The van der Waals surface area contributed by atoms with E-state index in [0.717, 1.165) is 53.1 Å². The van der Waals surface area contributed by atoms with Crippen LogP contribution in [0.3, 0.4) is 0 Å². The van der Waals surface area contributed by atoms with Crippen LogP contribution < -0.4 is 5.32 Å². The molecule has 1 aromatic carbocycles. The average molecular weight is 455 g/mol. The van der Waals surface area contributed by atoms with Crippen molar-refractivity contribution in [3.05, 3.63) is 45.1 Å². The molecule has 0 saturated carbocycles. The summed E-state index contributed by atoms with van der Waals surface area (Å²) < 4.78 is 2.19. The van der Waals surface area contributed by atoms with E-state index in [2.05, 4.69) is 45.4 Å². The summed E-state index contributed by atoms with van der Waals surface area (Å²) in [5.74, 6) is 2.00. The normalized spacial score (nSPS) is 15.7. The number of nitrogens with zero attached hydrogens (tertiary/aromatic N) is 3. The van der Waals surface area contributed by atoms with Gasteiger partial charge in [-0.2, -0.15) is 0 Å². The van der Waals surface area contributed by atoms with Crippen LogP contribution in [0.4, 0.5) is 5.69 Å². The molecule has 7 heteroatoms. The molecule has 1 unspecified atom stereocenters. The van der Waals surface area contributed by atoms with Crippen LogP contribution in [-0.2, 0) is 24.2 Å². The highest BCUT2D eigenvalue weighted by atomic mass is 32.2. The average Bonchev–Trinajstić information content (AvgIpc) is 3.29. The van der Waals surface area contributed by atoms with Gasteiger partial charge in [0.15, 0.2) is 11.0 Å². The van der Waals surface area contributed by atoms with Gasteiger partial charge >= 0.3 is 0 Å². The first-order valence-electron chi connectivity index (χ1n) is 11.0. The highest BCUT2D eigenvalue weighted by Crippen LogP contribution is 2.38. The van der Waals surface area contributed by atoms with Crippen LogP contribution in [0.1, 0.15) is 48.3 Å². The minimum absolute atomic E-state index is 0.0236. The van der Waals surface area contributed by atoms with Gasteiger partial charge in [0.2, 0.25) is 5.91 Å². The lowest BCUT2D eigenvalue weighted by molar-refractivity contribution is -0.113. The Morgan fingerprint density at radius 2 is 2.03 bits per heavy atom. The molecule has 0 bridgehead atoms. The van der Waals surface area contributed by atoms with E-state index in [4.69, 9.17) is 0 Å². The Kier molecular flexibility index (Phi) is 6.82. The van der Waals surface area contributed by atoms with Gasteiger partial charge < -0.3 is 9.88 Å². The van der Waals surface area contributed by atoms with E-state index in [9.17, 15) is 4.79 Å². The van der Waals surface area contributed by atoms with Crippen LogP contribution in [0.5, 0.6) is 0 Å². The van der Waals surface area contributed by atoms with Crippen molar-refractivity contribution < 1.29 is 4.79 Å². The lowest BCUT2D eigenvalue weighted by Gasteiger charge is -2.19. The van der Waals surface area contributed by atoms with Gasteiger partial charge in [-0.15, -0.1) is 21.5 Å². The van der Waals surface area contributed by atoms with E-state index < -0.39 is 0 Å². The zero-order valence-electron chi connectivity index (χ0n) is 18.7. The third-order valence-corrected chi connectivity index (χ3v) is 7.66. The lowest BCUT2D eigenvalue weighted by Crippen LogP contribution is -2.15. The number of hydrogen-bond acceptors (Lipinski definition) is 5. The smallest absolute Gasteiger partial charge is 0.234 e. The second-order valence-corrected chi connectivity index (χ2v) is 10.5. The number of hydrogen-bond donors (Lipinski definition) is 1. The summed E-state index contributed by atoms with van der Waals surface area (Å²) in [5.41, 5.74) is 5.82. The molecule has 4 rings (SSSR count). The van der Waals surface area contributed by atoms with E-state index in [-0.39, 0.29) is 5.91 Å². The number of amides is 1. The van der Waals surface area contributed by atoms with Gasteiger partial charge in [0.1, 0.15) is 0 Å². The van der Waals surface area contributed by atoms with Gasteiger partial charge in [0, 0.05) is 28.1 Å². The van der Waals surface area contributed by atoms with Crippen molar-refractivity contribution in [1.82, 2.24) is 14.8 Å². The van der Waals surface area contributed by atoms with Crippen molar-refractivity contribution >= 4 is 34.7 Å². The number of aromatic nitrogens is 3. The van der Waals surface area contributed by atoms with Gasteiger partial charge in [-0.05, 0) is 74.3 Å². The highest BCUT2D eigenvalue weighted by Gasteiger charge is 2.24. The molecule has 0 aliphatic heterocycles. The van der Waals surface area contributed by atoms with Crippen molar-refractivity contribution in [3.63, 3.8) is 0 Å². The van der Waals surface area contributed by atoms with E-state index in [1.54, 1.807) is 0 Å². The minimum Gasteiger partial charge on any atom is -0.325 e. The standard InChI is InChI=1S/C24H30N4OS2/c1-5-8-28-23(20-13-30-21-12-15(2)6-7-19(20)21)26-27-24(28)31-14-22(29)25-18-10-16(3)9-17(4)11-18/h9-11,13,15H,5-8,12,14H2,1-4H3,(H,25,29). The Bertz CT molecular complexity index is 1070. The number of benzene rings is 1. The van der Waals surface area contributed by atoms with Gasteiger partial charge in [-0.25, -0.2) is 0 Å². The predicted octanol–water partition coefficient (Wildman–Crippen LogP) is 5.89. The number of thiophene rings is 1. The first-order chi connectivity index (χ1) is 14.9. The van der Waals surface area contributed by atoms with Gasteiger partial charge in [-0.1, -0.05) is 31.7 Å². The van der Waals surface area contributed by atoms with Crippen LogP contribution >= 0.6 is 23.1 Å². The van der Waals surface area contributed by atoms with Gasteiger partial charge in [0.05, 0.1) is 5.75 Å². The Labute approximate surface area is 192 Å². The van der Waals surface area contributed by atoms with E-state index in [1.807, 2.05) is 37.3 Å². The van der Waals surface area contributed by atoms with Crippen LogP contribution in [-0.4, -0.2) is 26.4 Å². The summed E-state index contributed by atoms with van der Waals surface area (Å²) in [6, 6.07) is 6.09. The molecule has 2 heterocycles. The number of carbonyl (C=O) groups is 1. The predicted molar refractivity (Wildman–Crippen MR) is 130 cm³/mol. The minimum atomic E-state index is -0.0236. The number of anilines is 1. The molecule has 3 aromatic rings. The molecule has 0 radical (unpaired) electrons. The number of thioether (sulfide) groups is 1. The molecule has 164 valence electrons. The number of fused-ring (bicyclic) bond motifs is 1. The summed E-state index contributed by atoms with van der Waals surface area (Å²) in [7, 11) is 0. The number of rotatable bonds is 7. The van der Waals surface area contributed by atoms with Crippen LogP contribution in [0.2, 0.25) is 0 Å². The SMILES string of the molecule is CCCn1c(SCC(=O)Nc2cc(C)cc(C)c2)nnc1-c1csc2c1CCC(C)C2. The van der Waals surface area contributed by atoms with Crippen molar-refractivity contribution in [2.24, 2.45) is 5.92 Å². The van der Waals surface area contributed by atoms with Crippen molar-refractivity contribution in [2.45, 2.75) is 65.1 Å². The quantitative estimate of drug-likeness (QED) is 0.452. The van der Waals surface area contributed by atoms with Gasteiger partial charge in [0.25, 0.3) is 0 Å². The molecule has 5 nitrogen and oxygen atoms in total. The monoisotopic (exact) mass is 454 g/mol. The number of aryl methyl sites for hydroxylation is 2. The highest BCUT2D eigenvalue weighted by molar-refractivity contribution is 7.99. The molecule has 1 atom stereocenters. The molecule has 1 amide bonds. The van der Waals surface area contributed by atoms with Gasteiger partial charge in [-0.3, -0.25) is 4.79 Å². The largest absolute Gasteiger partial charge is 0.325 e. The van der Waals surface area contributed by atoms with Crippen molar-refractivity contribution in [2.75, 3.05) is 11.1 Å². The zero-order valence-corrected chi connectivity index (χ0v) is 20.3. The summed E-state index contributed by atoms with van der Waals surface area (Å²) in [6.07, 6.45) is 4.52. The maximum atomic E-state index is 12.5. The van der Waals surface area contributed by atoms with E-state index >= 15 is 0 Å². The van der Waals surface area contributed by atoms with Crippen molar-refractivity contribution in [3.8, 4) is 11.4 Å². The zero-order chi connectivity index (χ0) is 22.0. The maximum absolute atomic E-state index is 12.5. The molecule has 2 aromatic heterocycles. The van der Waals surface area contributed by atoms with Crippen LogP contribution in [0.15, 0.2) is 28.7 Å². The Balaban J connectivity index is 1.50. The molecule has 0 fully saturated rings. The first-order valence-corrected chi connectivity index (χ1v) is 12.8. The maximum Gasteiger partial charge on any atom is 0.234 e. The first kappa shape index (κ1) is 22.1. The summed E-state index contributed by atoms with van der Waals surface area (Å²) in [4.78, 5) is 14.0. The van der Waals surface area contributed by atoms with E-state index in [0.29, 0.717) is 5.75 Å². The fourth-order valence-corrected chi connectivity index (χ4v) is 6.27. The molecule has 1 aliphatic carbocycles. The molecule has 0 spiro atoms. The molecule has 1 N–H and O–H groups in total. The van der Waals surface area contributed by atoms with E-state index in [1.165, 1.54) is 40.6 Å². The topological polar surface area (TPSA) is 59.8 Å². The third kappa shape index (κ3) is 5.04. The van der Waals surface area contributed by atoms with Crippen LogP contribution in [0, 0.1) is 19.8 Å². The molecular weight excluding hydrogens is 424 g/mol. The third-order valence-electron chi connectivity index (χ3n) is 5.64. The number of nitrogens with one attached hydrogen (secondary N) is 1. The molecule has 0 saturated heterocycles. The Morgan fingerprint density at radius 3 is 2.77 bits per heavy atom. The fraction of sp³-hybridized carbons (Fsp3) is 0.458. The molecule has 31 heavy (non-hydrogen) atoms. The molecule has 1 aliphatic rings. The summed E-state index contributed by atoms with van der Waals surface area (Å²) in [6.45, 7) is 9.42. The Hall–Kier alpha value is -2.12. The summed E-state index contributed by atoms with van der Waals surface area (Å²) >= 11 is 3.32. The molecular formula is C24H30N4OS2. The summed E-state index contributed by atoms with van der Waals surface area (Å²) in [5, 5.41) is 15.1. The Morgan fingerprint density at radius 1 is 1.26 bits per heavy atom. The second kappa shape index (κ2) is 9.57. The number of carbonyl (C=O) groups excluding carboxylic acids is 1. The van der Waals surface area contributed by atoms with Crippen molar-refractivity contribution in [1.29, 1.82) is 0 Å². The lowest BCUT2D eigenvalue weighted by atomic mass is 9.88. The van der Waals surface area contributed by atoms with Crippen LogP contribution in [0.25, 0.3) is 11.4 Å².